The quantitative estimate of drug-likeness (QED) is 0.649. The Balaban J connectivity index is 2.43. The first-order chi connectivity index (χ1) is 5.86. The van der Waals surface area contributed by atoms with Crippen molar-refractivity contribution in [2.45, 2.75) is 6.92 Å². The molecule has 0 saturated carbocycles. The number of hydrogen-bond donors (Lipinski definition) is 0. The Morgan fingerprint density at radius 3 is 2.42 bits per heavy atom. The van der Waals surface area contributed by atoms with E-state index in [4.69, 9.17) is 0 Å². The van der Waals surface area contributed by atoms with Gasteiger partial charge in [-0.15, -0.1) is 0 Å². The summed E-state index contributed by atoms with van der Waals surface area (Å²) in [6.45, 7) is 2.09. The zero-order valence-electron chi connectivity index (χ0n) is 6.82. The highest BCUT2D eigenvalue weighted by molar-refractivity contribution is 7.03. The summed E-state index contributed by atoms with van der Waals surface area (Å²) in [6, 6.07) is 8.48. The Morgan fingerprint density at radius 2 is 1.83 bits per heavy atom. The van der Waals surface area contributed by atoms with Crippen molar-refractivity contribution in [2.24, 2.45) is 0 Å². The average Bonchev–Trinajstić information content (AvgIpc) is 2.58. The van der Waals surface area contributed by atoms with E-state index in [1.807, 2.05) is 6.20 Å². The Morgan fingerprint density at radius 1 is 1.08 bits per heavy atom. The lowest BCUT2D eigenvalue weighted by molar-refractivity contribution is 1.47. The van der Waals surface area contributed by atoms with Gasteiger partial charge in [-0.05, 0) is 24.0 Å². The molecule has 1 aromatic carbocycles. The van der Waals surface area contributed by atoms with Gasteiger partial charge < -0.3 is 0 Å². The number of nitrogens with zero attached hydrogens (tertiary/aromatic N) is 1. The summed E-state index contributed by atoms with van der Waals surface area (Å²) in [5, 5.41) is 2.06. The van der Waals surface area contributed by atoms with Crippen LogP contribution in [0.3, 0.4) is 0 Å². The number of hydrogen-bond acceptors (Lipinski definition) is 2. The molecule has 0 radical (unpaired) electrons. The smallest absolute Gasteiger partial charge is 0.0485 e. The van der Waals surface area contributed by atoms with Gasteiger partial charge in [-0.25, -0.2) is 4.37 Å². The lowest BCUT2D eigenvalue weighted by Gasteiger charge is -1.96. The third-order valence-electron chi connectivity index (χ3n) is 1.82. The molecule has 2 rings (SSSR count). The van der Waals surface area contributed by atoms with Crippen molar-refractivity contribution in [3.8, 4) is 11.1 Å². The maximum atomic E-state index is 4.06. The van der Waals surface area contributed by atoms with Crippen molar-refractivity contribution in [2.75, 3.05) is 0 Å². The summed E-state index contributed by atoms with van der Waals surface area (Å²) in [5.74, 6) is 0. The van der Waals surface area contributed by atoms with Gasteiger partial charge in [-0.2, -0.15) is 0 Å². The molecular formula is C10H9NS. The van der Waals surface area contributed by atoms with Crippen LogP contribution in [-0.2, 0) is 0 Å². The van der Waals surface area contributed by atoms with Gasteiger partial charge in [0.15, 0.2) is 0 Å². The largest absolute Gasteiger partial charge is 0.201 e. The first kappa shape index (κ1) is 7.50. The van der Waals surface area contributed by atoms with Crippen LogP contribution in [0.4, 0.5) is 0 Å². The van der Waals surface area contributed by atoms with E-state index in [2.05, 4.69) is 40.9 Å². The maximum absolute atomic E-state index is 4.06. The van der Waals surface area contributed by atoms with Crippen LogP contribution in [0, 0.1) is 6.92 Å². The lowest BCUT2D eigenvalue weighted by atomic mass is 10.1. The number of aromatic nitrogens is 1. The molecule has 60 valence electrons. The highest BCUT2D eigenvalue weighted by Crippen LogP contribution is 2.19. The van der Waals surface area contributed by atoms with E-state index in [1.165, 1.54) is 28.2 Å². The van der Waals surface area contributed by atoms with Crippen LogP contribution in [0.2, 0.25) is 0 Å². The minimum Gasteiger partial charge on any atom is -0.201 e. The van der Waals surface area contributed by atoms with Gasteiger partial charge in [-0.3, -0.25) is 0 Å². The molecule has 0 amide bonds. The molecule has 0 aliphatic heterocycles. The highest BCUT2D eigenvalue weighted by Gasteiger charge is 1.96. The first-order valence-electron chi connectivity index (χ1n) is 3.83. The molecule has 12 heavy (non-hydrogen) atoms. The van der Waals surface area contributed by atoms with Crippen LogP contribution in [0.1, 0.15) is 5.56 Å². The Labute approximate surface area is 75.9 Å². The van der Waals surface area contributed by atoms with E-state index in [0.29, 0.717) is 0 Å². The number of benzene rings is 1. The predicted octanol–water partition coefficient (Wildman–Crippen LogP) is 3.12. The van der Waals surface area contributed by atoms with Gasteiger partial charge in [0.2, 0.25) is 0 Å². The van der Waals surface area contributed by atoms with Gasteiger partial charge in [0, 0.05) is 17.1 Å². The van der Waals surface area contributed by atoms with Crippen molar-refractivity contribution < 1.29 is 0 Å². The van der Waals surface area contributed by atoms with E-state index < -0.39 is 0 Å². The van der Waals surface area contributed by atoms with Crippen LogP contribution in [0.15, 0.2) is 35.8 Å². The Hall–Kier alpha value is -1.15. The second-order valence-corrected chi connectivity index (χ2v) is 3.44. The van der Waals surface area contributed by atoms with Crippen LogP contribution >= 0.6 is 11.5 Å². The van der Waals surface area contributed by atoms with E-state index in [0.717, 1.165) is 0 Å². The SMILES string of the molecule is Cc1ccc(-c2cnsc2)cc1. The van der Waals surface area contributed by atoms with E-state index in [1.54, 1.807) is 0 Å². The van der Waals surface area contributed by atoms with Crippen molar-refractivity contribution in [1.29, 1.82) is 0 Å². The van der Waals surface area contributed by atoms with Gasteiger partial charge in [0.25, 0.3) is 0 Å². The van der Waals surface area contributed by atoms with Crippen LogP contribution < -0.4 is 0 Å². The van der Waals surface area contributed by atoms with Crippen LogP contribution in [0.5, 0.6) is 0 Å². The molecule has 0 N–H and O–H groups in total. The standard InChI is InChI=1S/C10H9NS/c1-8-2-4-9(5-3-8)10-6-11-12-7-10/h2-7H,1H3. The van der Waals surface area contributed by atoms with Crippen molar-refractivity contribution in [1.82, 2.24) is 4.37 Å². The number of rotatable bonds is 1. The molecular weight excluding hydrogens is 166 g/mol. The monoisotopic (exact) mass is 175 g/mol. The normalized spacial score (nSPS) is 10.1. The summed E-state index contributed by atoms with van der Waals surface area (Å²) in [5.41, 5.74) is 3.75. The maximum Gasteiger partial charge on any atom is 0.0485 e. The molecule has 0 bridgehead atoms. The fourth-order valence-corrected chi connectivity index (χ4v) is 1.64. The molecule has 0 aliphatic carbocycles. The highest BCUT2D eigenvalue weighted by atomic mass is 32.1. The second kappa shape index (κ2) is 3.07. The second-order valence-electron chi connectivity index (χ2n) is 2.78. The molecule has 1 aromatic heterocycles. The lowest BCUT2D eigenvalue weighted by Crippen LogP contribution is -1.74. The van der Waals surface area contributed by atoms with Gasteiger partial charge in [0.05, 0.1) is 0 Å². The molecule has 2 aromatic rings. The molecule has 0 atom stereocenters. The molecule has 0 unspecified atom stereocenters. The van der Waals surface area contributed by atoms with Crippen molar-refractivity contribution >= 4 is 11.5 Å². The zero-order valence-corrected chi connectivity index (χ0v) is 7.64. The van der Waals surface area contributed by atoms with Gasteiger partial charge in [0.1, 0.15) is 0 Å². The average molecular weight is 175 g/mol. The topological polar surface area (TPSA) is 12.9 Å². The summed E-state index contributed by atoms with van der Waals surface area (Å²) in [4.78, 5) is 0. The third kappa shape index (κ3) is 1.38. The summed E-state index contributed by atoms with van der Waals surface area (Å²) < 4.78 is 4.06. The van der Waals surface area contributed by atoms with Gasteiger partial charge in [-0.1, -0.05) is 29.8 Å². The molecule has 0 spiro atoms. The minimum absolute atomic E-state index is 1.21. The zero-order chi connectivity index (χ0) is 8.39. The molecule has 1 heterocycles. The van der Waals surface area contributed by atoms with Crippen LogP contribution in [-0.4, -0.2) is 4.37 Å². The van der Waals surface area contributed by atoms with E-state index >= 15 is 0 Å². The number of aryl methyl sites for hydroxylation is 1. The van der Waals surface area contributed by atoms with E-state index in [-0.39, 0.29) is 0 Å². The Kier molecular flexibility index (Phi) is 1.92. The fourth-order valence-electron chi connectivity index (χ4n) is 1.09. The van der Waals surface area contributed by atoms with Crippen LogP contribution in [0.25, 0.3) is 11.1 Å². The van der Waals surface area contributed by atoms with Crippen molar-refractivity contribution in [3.05, 3.63) is 41.4 Å². The third-order valence-corrected chi connectivity index (χ3v) is 2.40. The summed E-state index contributed by atoms with van der Waals surface area (Å²) >= 11 is 1.49. The predicted molar refractivity (Wildman–Crippen MR) is 52.3 cm³/mol. The Bertz CT molecular complexity index is 348. The van der Waals surface area contributed by atoms with Crippen molar-refractivity contribution in [3.63, 3.8) is 0 Å². The summed E-state index contributed by atoms with van der Waals surface area (Å²) in [6.07, 6.45) is 1.90. The molecule has 1 nitrogen and oxygen atoms in total. The minimum atomic E-state index is 1.21. The summed E-state index contributed by atoms with van der Waals surface area (Å²) in [7, 11) is 0. The molecule has 0 aliphatic rings. The van der Waals surface area contributed by atoms with Gasteiger partial charge >= 0.3 is 0 Å². The molecule has 0 fully saturated rings. The fraction of sp³-hybridized carbons (Fsp3) is 0.100. The molecule has 2 heteroatoms. The molecule has 0 saturated heterocycles. The van der Waals surface area contributed by atoms with E-state index in [9.17, 15) is 0 Å². The first-order valence-corrected chi connectivity index (χ1v) is 4.66.